The third-order valence-corrected chi connectivity index (χ3v) is 4.08. The second kappa shape index (κ2) is 5.68. The maximum Gasteiger partial charge on any atom is 0.0108 e. The van der Waals surface area contributed by atoms with E-state index in [2.05, 4.69) is 38.1 Å². The molecular weight excluding hydrogens is 206 g/mol. The Kier molecular flexibility index (Phi) is 4.22. The van der Waals surface area contributed by atoms with Crippen LogP contribution >= 0.6 is 0 Å². The van der Waals surface area contributed by atoms with Gasteiger partial charge in [0.2, 0.25) is 0 Å². The van der Waals surface area contributed by atoms with E-state index in [0.29, 0.717) is 12.0 Å². The van der Waals surface area contributed by atoms with E-state index >= 15 is 0 Å². The average Bonchev–Trinajstić information content (AvgIpc) is 2.33. The molecule has 0 bridgehead atoms. The van der Waals surface area contributed by atoms with Gasteiger partial charge in [-0.1, -0.05) is 44.5 Å². The zero-order valence-electron chi connectivity index (χ0n) is 11.2. The standard InChI is InChI=1S/C16H25N/c1-3-5-13-6-4-7-14(11-13)15-10-12(2)8-9-16(15)17/h4,6-7,11-12,15-16H,3,5,8-10,17H2,1-2H3. The van der Waals surface area contributed by atoms with E-state index in [9.17, 15) is 0 Å². The van der Waals surface area contributed by atoms with Gasteiger partial charge in [0.15, 0.2) is 0 Å². The quantitative estimate of drug-likeness (QED) is 0.839. The van der Waals surface area contributed by atoms with Gasteiger partial charge in [-0.2, -0.15) is 0 Å². The van der Waals surface area contributed by atoms with Gasteiger partial charge in [0.05, 0.1) is 0 Å². The molecule has 2 N–H and O–H groups in total. The summed E-state index contributed by atoms with van der Waals surface area (Å²) in [4.78, 5) is 0. The molecule has 94 valence electrons. The third-order valence-electron chi connectivity index (χ3n) is 4.08. The highest BCUT2D eigenvalue weighted by Crippen LogP contribution is 2.35. The molecule has 0 radical (unpaired) electrons. The lowest BCUT2D eigenvalue weighted by Gasteiger charge is -2.33. The fourth-order valence-electron chi connectivity index (χ4n) is 3.06. The van der Waals surface area contributed by atoms with Crippen LogP contribution in [0, 0.1) is 5.92 Å². The number of hydrogen-bond donors (Lipinski definition) is 1. The maximum absolute atomic E-state index is 6.30. The van der Waals surface area contributed by atoms with E-state index in [0.717, 1.165) is 5.92 Å². The molecule has 0 aliphatic heterocycles. The van der Waals surface area contributed by atoms with Crippen LogP contribution in [0.4, 0.5) is 0 Å². The molecule has 2 rings (SSSR count). The molecule has 1 aliphatic rings. The van der Waals surface area contributed by atoms with E-state index in [-0.39, 0.29) is 0 Å². The lowest BCUT2D eigenvalue weighted by molar-refractivity contribution is 0.306. The fraction of sp³-hybridized carbons (Fsp3) is 0.625. The summed E-state index contributed by atoms with van der Waals surface area (Å²) in [5.74, 6) is 1.41. The molecule has 0 saturated heterocycles. The smallest absolute Gasteiger partial charge is 0.0108 e. The summed E-state index contributed by atoms with van der Waals surface area (Å²) in [5, 5.41) is 0. The van der Waals surface area contributed by atoms with Crippen molar-refractivity contribution in [1.82, 2.24) is 0 Å². The van der Waals surface area contributed by atoms with Crippen molar-refractivity contribution in [3.63, 3.8) is 0 Å². The number of aryl methyl sites for hydroxylation is 1. The number of nitrogens with two attached hydrogens (primary N) is 1. The first-order valence-electron chi connectivity index (χ1n) is 7.05. The molecule has 1 aliphatic carbocycles. The fourth-order valence-corrected chi connectivity index (χ4v) is 3.06. The molecular formula is C16H25N. The van der Waals surface area contributed by atoms with Crippen LogP contribution in [0.1, 0.15) is 56.6 Å². The summed E-state index contributed by atoms with van der Waals surface area (Å²) in [6, 6.07) is 9.45. The lowest BCUT2D eigenvalue weighted by Crippen LogP contribution is -2.33. The monoisotopic (exact) mass is 231 g/mol. The first-order valence-corrected chi connectivity index (χ1v) is 7.05. The largest absolute Gasteiger partial charge is 0.327 e. The number of hydrogen-bond acceptors (Lipinski definition) is 1. The number of benzene rings is 1. The predicted molar refractivity (Wildman–Crippen MR) is 74.2 cm³/mol. The molecule has 3 atom stereocenters. The van der Waals surface area contributed by atoms with E-state index in [1.165, 1.54) is 43.2 Å². The Bertz CT molecular complexity index is 358. The molecule has 0 spiro atoms. The summed E-state index contributed by atoms with van der Waals surface area (Å²) in [5.41, 5.74) is 9.23. The molecule has 0 aromatic heterocycles. The van der Waals surface area contributed by atoms with Gasteiger partial charge in [0.1, 0.15) is 0 Å². The van der Waals surface area contributed by atoms with E-state index in [4.69, 9.17) is 5.73 Å². The van der Waals surface area contributed by atoms with Crippen LogP contribution in [0.2, 0.25) is 0 Å². The zero-order valence-corrected chi connectivity index (χ0v) is 11.2. The normalized spacial score (nSPS) is 29.2. The van der Waals surface area contributed by atoms with Gasteiger partial charge in [-0.05, 0) is 48.6 Å². The number of rotatable bonds is 3. The van der Waals surface area contributed by atoms with Crippen molar-refractivity contribution in [2.75, 3.05) is 0 Å². The van der Waals surface area contributed by atoms with E-state index in [1.54, 1.807) is 0 Å². The van der Waals surface area contributed by atoms with Crippen LogP contribution in [0.15, 0.2) is 24.3 Å². The Labute approximate surface area is 105 Å². The summed E-state index contributed by atoms with van der Waals surface area (Å²) >= 11 is 0. The minimum Gasteiger partial charge on any atom is -0.327 e. The minimum absolute atomic E-state index is 0.364. The van der Waals surface area contributed by atoms with Gasteiger partial charge < -0.3 is 5.73 Å². The van der Waals surface area contributed by atoms with Crippen molar-refractivity contribution in [3.8, 4) is 0 Å². The zero-order chi connectivity index (χ0) is 12.3. The van der Waals surface area contributed by atoms with Crippen LogP contribution in [0.3, 0.4) is 0 Å². The van der Waals surface area contributed by atoms with Gasteiger partial charge >= 0.3 is 0 Å². The minimum atomic E-state index is 0.364. The van der Waals surface area contributed by atoms with Crippen LogP contribution < -0.4 is 5.73 Å². The Morgan fingerprint density at radius 1 is 1.29 bits per heavy atom. The molecule has 1 heteroatoms. The second-order valence-corrected chi connectivity index (χ2v) is 5.68. The van der Waals surface area contributed by atoms with Crippen molar-refractivity contribution in [3.05, 3.63) is 35.4 Å². The Morgan fingerprint density at radius 3 is 2.88 bits per heavy atom. The molecule has 1 aromatic carbocycles. The molecule has 0 heterocycles. The molecule has 1 aromatic rings. The van der Waals surface area contributed by atoms with Gasteiger partial charge in [0.25, 0.3) is 0 Å². The van der Waals surface area contributed by atoms with Crippen LogP contribution in [0.5, 0.6) is 0 Å². The summed E-state index contributed by atoms with van der Waals surface area (Å²) in [6.07, 6.45) is 6.15. The van der Waals surface area contributed by atoms with Crippen molar-refractivity contribution in [2.45, 2.75) is 57.9 Å². The Hall–Kier alpha value is -0.820. The molecule has 3 unspecified atom stereocenters. The molecule has 1 saturated carbocycles. The van der Waals surface area contributed by atoms with Crippen molar-refractivity contribution in [2.24, 2.45) is 11.7 Å². The molecule has 1 fully saturated rings. The SMILES string of the molecule is CCCc1cccc(C2CC(C)CCC2N)c1. The topological polar surface area (TPSA) is 26.0 Å². The summed E-state index contributed by atoms with van der Waals surface area (Å²) in [7, 11) is 0. The highest BCUT2D eigenvalue weighted by Gasteiger charge is 2.27. The third kappa shape index (κ3) is 3.10. The molecule has 1 nitrogen and oxygen atoms in total. The summed E-state index contributed by atoms with van der Waals surface area (Å²) < 4.78 is 0. The highest BCUT2D eigenvalue weighted by molar-refractivity contribution is 5.28. The van der Waals surface area contributed by atoms with Gasteiger partial charge in [-0.3, -0.25) is 0 Å². The predicted octanol–water partition coefficient (Wildman–Crippen LogP) is 3.87. The lowest BCUT2D eigenvalue weighted by atomic mass is 9.75. The maximum atomic E-state index is 6.30. The van der Waals surface area contributed by atoms with E-state index < -0.39 is 0 Å². The van der Waals surface area contributed by atoms with Crippen LogP contribution in [0.25, 0.3) is 0 Å². The van der Waals surface area contributed by atoms with Crippen molar-refractivity contribution < 1.29 is 0 Å². The second-order valence-electron chi connectivity index (χ2n) is 5.68. The average molecular weight is 231 g/mol. The van der Waals surface area contributed by atoms with Crippen molar-refractivity contribution in [1.29, 1.82) is 0 Å². The highest BCUT2D eigenvalue weighted by atomic mass is 14.7. The van der Waals surface area contributed by atoms with Gasteiger partial charge in [-0.15, -0.1) is 0 Å². The van der Waals surface area contributed by atoms with Crippen LogP contribution in [-0.4, -0.2) is 6.04 Å². The van der Waals surface area contributed by atoms with Gasteiger partial charge in [0, 0.05) is 6.04 Å². The Balaban J connectivity index is 2.16. The van der Waals surface area contributed by atoms with Gasteiger partial charge in [-0.25, -0.2) is 0 Å². The Morgan fingerprint density at radius 2 is 2.12 bits per heavy atom. The first-order chi connectivity index (χ1) is 8.20. The first kappa shape index (κ1) is 12.6. The van der Waals surface area contributed by atoms with Crippen LogP contribution in [-0.2, 0) is 6.42 Å². The molecule has 0 amide bonds. The van der Waals surface area contributed by atoms with E-state index in [1.807, 2.05) is 0 Å². The summed E-state index contributed by atoms with van der Waals surface area (Å²) in [6.45, 7) is 4.59. The molecule has 17 heavy (non-hydrogen) atoms. The van der Waals surface area contributed by atoms with Crippen molar-refractivity contribution >= 4 is 0 Å².